The van der Waals surface area contributed by atoms with Crippen LogP contribution in [0.25, 0.3) is 11.3 Å². The molecule has 2 aromatic carbocycles. The van der Waals surface area contributed by atoms with Gasteiger partial charge in [-0.15, -0.1) is 0 Å². The maximum absolute atomic E-state index is 6.19. The first-order valence-corrected chi connectivity index (χ1v) is 9.69. The van der Waals surface area contributed by atoms with Crippen LogP contribution in [0.5, 0.6) is 17.2 Å². The zero-order chi connectivity index (χ0) is 19.7. The van der Waals surface area contributed by atoms with Crippen LogP contribution in [-0.4, -0.2) is 36.0 Å². The van der Waals surface area contributed by atoms with E-state index in [4.69, 9.17) is 25.8 Å². The molecule has 1 atom stereocenters. The summed E-state index contributed by atoms with van der Waals surface area (Å²) in [7, 11) is 4.83. The molecule has 7 nitrogen and oxygen atoms in total. The highest BCUT2D eigenvalue weighted by atomic mass is 35.5. The summed E-state index contributed by atoms with van der Waals surface area (Å²) in [5, 5.41) is 12.0. The minimum atomic E-state index is -0.0635. The molecule has 1 aliphatic heterocycles. The molecule has 2 N–H and O–H groups in total. The lowest BCUT2D eigenvalue weighted by Gasteiger charge is -2.14. The molecular weight excluding hydrogens is 400 g/mol. The molecule has 9 heteroatoms. The van der Waals surface area contributed by atoms with Crippen LogP contribution in [0.2, 0.25) is 5.02 Å². The molecule has 0 saturated heterocycles. The van der Waals surface area contributed by atoms with Gasteiger partial charge >= 0.3 is 0 Å². The standard InChI is InChI=1S/C19H19ClN4O3S/c1-25-15-7-5-12(9-13(15)20)21-19-22-18-10-14(23-24(18)28-19)11-4-6-16(26-2)17(8-11)27-3/h4-10,19,21-22H,1-3H3. The molecule has 0 radical (unpaired) electrons. The zero-order valence-electron chi connectivity index (χ0n) is 15.5. The van der Waals surface area contributed by atoms with Crippen LogP contribution in [0.15, 0.2) is 42.5 Å². The summed E-state index contributed by atoms with van der Waals surface area (Å²) in [6.07, 6.45) is 0. The van der Waals surface area contributed by atoms with E-state index in [2.05, 4.69) is 15.7 Å². The first kappa shape index (κ1) is 18.6. The van der Waals surface area contributed by atoms with Crippen molar-refractivity contribution in [3.63, 3.8) is 0 Å². The number of ether oxygens (including phenoxy) is 3. The lowest BCUT2D eigenvalue weighted by molar-refractivity contribution is 0.355. The summed E-state index contributed by atoms with van der Waals surface area (Å²) in [5.41, 5.74) is 2.63. The first-order chi connectivity index (χ1) is 13.6. The van der Waals surface area contributed by atoms with Gasteiger partial charge in [-0.1, -0.05) is 11.6 Å². The fourth-order valence-electron chi connectivity index (χ4n) is 2.91. The Hall–Kier alpha value is -2.71. The molecule has 2 heterocycles. The summed E-state index contributed by atoms with van der Waals surface area (Å²) in [6.45, 7) is 0. The van der Waals surface area contributed by atoms with Gasteiger partial charge in [0.2, 0.25) is 0 Å². The second kappa shape index (κ2) is 7.73. The molecular formula is C19H19ClN4O3S. The smallest absolute Gasteiger partial charge is 0.168 e. The van der Waals surface area contributed by atoms with E-state index in [0.29, 0.717) is 22.3 Å². The van der Waals surface area contributed by atoms with Gasteiger partial charge in [-0.2, -0.15) is 9.19 Å². The molecule has 0 fully saturated rings. The molecule has 146 valence electrons. The van der Waals surface area contributed by atoms with E-state index in [1.807, 2.05) is 46.6 Å². The predicted molar refractivity (Wildman–Crippen MR) is 113 cm³/mol. The molecule has 0 aliphatic carbocycles. The van der Waals surface area contributed by atoms with Crippen molar-refractivity contribution in [1.82, 2.24) is 9.19 Å². The van der Waals surface area contributed by atoms with Crippen LogP contribution < -0.4 is 24.8 Å². The first-order valence-electron chi connectivity index (χ1n) is 8.47. The number of fused-ring (bicyclic) bond motifs is 1. The van der Waals surface area contributed by atoms with Crippen LogP contribution >= 0.6 is 23.5 Å². The van der Waals surface area contributed by atoms with Crippen LogP contribution in [0, 0.1) is 0 Å². The lowest BCUT2D eigenvalue weighted by Crippen LogP contribution is -2.21. The number of aromatic nitrogens is 2. The topological polar surface area (TPSA) is 69.6 Å². The third kappa shape index (κ3) is 3.53. The Morgan fingerprint density at radius 1 is 1.00 bits per heavy atom. The van der Waals surface area contributed by atoms with Crippen molar-refractivity contribution >= 4 is 35.1 Å². The zero-order valence-corrected chi connectivity index (χ0v) is 17.1. The Balaban J connectivity index is 1.48. The van der Waals surface area contributed by atoms with Gasteiger partial charge in [0.15, 0.2) is 17.0 Å². The van der Waals surface area contributed by atoms with Crippen LogP contribution in [-0.2, 0) is 0 Å². The number of nitrogens with one attached hydrogen (secondary N) is 2. The molecule has 3 aromatic rings. The van der Waals surface area contributed by atoms with E-state index in [9.17, 15) is 0 Å². The van der Waals surface area contributed by atoms with Gasteiger partial charge in [0.05, 0.1) is 32.0 Å². The largest absolute Gasteiger partial charge is 0.495 e. The highest BCUT2D eigenvalue weighted by Crippen LogP contribution is 2.37. The molecule has 1 unspecified atom stereocenters. The van der Waals surface area contributed by atoms with Gasteiger partial charge in [0.1, 0.15) is 11.6 Å². The molecule has 28 heavy (non-hydrogen) atoms. The normalized spacial score (nSPS) is 14.9. The Morgan fingerprint density at radius 3 is 2.43 bits per heavy atom. The van der Waals surface area contributed by atoms with Crippen molar-refractivity contribution in [2.24, 2.45) is 0 Å². The fourth-order valence-corrected chi connectivity index (χ4v) is 4.08. The van der Waals surface area contributed by atoms with E-state index in [0.717, 1.165) is 22.8 Å². The number of methoxy groups -OCH3 is 3. The van der Waals surface area contributed by atoms with Crippen molar-refractivity contribution in [2.75, 3.05) is 32.0 Å². The highest BCUT2D eigenvalue weighted by Gasteiger charge is 2.24. The fraction of sp³-hybridized carbons (Fsp3) is 0.211. The third-order valence-corrected chi connectivity index (χ3v) is 5.51. The van der Waals surface area contributed by atoms with Gasteiger partial charge in [-0.05, 0) is 36.4 Å². The second-order valence-corrected chi connectivity index (χ2v) is 7.42. The van der Waals surface area contributed by atoms with Crippen molar-refractivity contribution < 1.29 is 14.2 Å². The quantitative estimate of drug-likeness (QED) is 0.608. The molecule has 0 spiro atoms. The number of rotatable bonds is 6. The van der Waals surface area contributed by atoms with Crippen molar-refractivity contribution in [2.45, 2.75) is 5.50 Å². The molecule has 1 aromatic heterocycles. The van der Waals surface area contributed by atoms with Gasteiger partial charge in [-0.25, -0.2) is 0 Å². The summed E-state index contributed by atoms with van der Waals surface area (Å²) < 4.78 is 17.7. The predicted octanol–water partition coefficient (Wildman–Crippen LogP) is 4.55. The maximum atomic E-state index is 6.19. The van der Waals surface area contributed by atoms with E-state index in [1.54, 1.807) is 21.3 Å². The Labute approximate surface area is 172 Å². The van der Waals surface area contributed by atoms with Crippen LogP contribution in [0.3, 0.4) is 0 Å². The number of nitrogens with zero attached hydrogens (tertiary/aromatic N) is 2. The number of halogens is 1. The summed E-state index contributed by atoms with van der Waals surface area (Å²) in [4.78, 5) is 0. The molecule has 0 bridgehead atoms. The molecule has 0 amide bonds. The van der Waals surface area contributed by atoms with E-state index < -0.39 is 0 Å². The molecule has 1 aliphatic rings. The van der Waals surface area contributed by atoms with Crippen LogP contribution in [0.4, 0.5) is 11.5 Å². The van der Waals surface area contributed by atoms with Gasteiger partial charge in [-0.3, -0.25) is 0 Å². The van der Waals surface area contributed by atoms with Gasteiger partial charge < -0.3 is 24.8 Å². The van der Waals surface area contributed by atoms with Crippen LogP contribution in [0.1, 0.15) is 0 Å². The van der Waals surface area contributed by atoms with Crippen molar-refractivity contribution in [3.8, 4) is 28.5 Å². The summed E-state index contributed by atoms with van der Waals surface area (Å²) in [5.74, 6) is 2.91. The Kier molecular flexibility index (Phi) is 5.15. The SMILES string of the molecule is COc1ccc(NC2Nc3cc(-c4ccc(OC)c(OC)c4)nn3S2)cc1Cl. The van der Waals surface area contributed by atoms with Crippen molar-refractivity contribution in [3.05, 3.63) is 47.5 Å². The Bertz CT molecular complexity index is 987. The summed E-state index contributed by atoms with van der Waals surface area (Å²) >= 11 is 7.72. The third-order valence-electron chi connectivity index (χ3n) is 4.29. The maximum Gasteiger partial charge on any atom is 0.168 e. The lowest BCUT2D eigenvalue weighted by atomic mass is 10.1. The molecule has 0 saturated carbocycles. The number of benzene rings is 2. The number of anilines is 2. The minimum absolute atomic E-state index is 0.0635. The number of hydrogen-bond donors (Lipinski definition) is 2. The second-order valence-electron chi connectivity index (χ2n) is 5.98. The molecule has 4 rings (SSSR count). The summed E-state index contributed by atoms with van der Waals surface area (Å²) in [6, 6.07) is 13.3. The minimum Gasteiger partial charge on any atom is -0.495 e. The highest BCUT2D eigenvalue weighted by molar-refractivity contribution is 7.98. The van der Waals surface area contributed by atoms with E-state index in [1.165, 1.54) is 11.9 Å². The average Bonchev–Trinajstić information content (AvgIpc) is 3.26. The van der Waals surface area contributed by atoms with E-state index in [-0.39, 0.29) is 5.50 Å². The number of hydrogen-bond acceptors (Lipinski definition) is 7. The average molecular weight is 419 g/mol. The van der Waals surface area contributed by atoms with Gasteiger partial charge in [0.25, 0.3) is 0 Å². The van der Waals surface area contributed by atoms with Crippen molar-refractivity contribution in [1.29, 1.82) is 0 Å². The van der Waals surface area contributed by atoms with E-state index >= 15 is 0 Å². The monoisotopic (exact) mass is 418 g/mol. The van der Waals surface area contributed by atoms with Gasteiger partial charge in [0, 0.05) is 29.3 Å². The Morgan fingerprint density at radius 2 is 1.75 bits per heavy atom.